The van der Waals surface area contributed by atoms with E-state index in [1.54, 1.807) is 0 Å². The van der Waals surface area contributed by atoms with Crippen molar-refractivity contribution in [2.45, 2.75) is 65.5 Å². The van der Waals surface area contributed by atoms with E-state index in [1.165, 1.54) is 0 Å². The molecule has 2 aromatic rings. The summed E-state index contributed by atoms with van der Waals surface area (Å²) in [6.07, 6.45) is 5.65. The number of amides is 2. The van der Waals surface area contributed by atoms with Gasteiger partial charge in [-0.15, -0.1) is 0 Å². The van der Waals surface area contributed by atoms with Gasteiger partial charge < -0.3 is 15.2 Å². The molecule has 0 radical (unpaired) electrons. The highest BCUT2D eigenvalue weighted by Gasteiger charge is 2.31. The number of piperidine rings is 1. The highest BCUT2D eigenvalue weighted by atomic mass is 16.2. The average molecular weight is 397 g/mol. The minimum atomic E-state index is -0.280. The molecule has 1 saturated heterocycles. The molecule has 0 bridgehead atoms. The second kappa shape index (κ2) is 9.25. The van der Waals surface area contributed by atoms with Gasteiger partial charge in [0.25, 0.3) is 0 Å². The number of carbonyl (C=O) groups is 2. The van der Waals surface area contributed by atoms with Crippen molar-refractivity contribution in [3.63, 3.8) is 0 Å². The highest BCUT2D eigenvalue weighted by Crippen LogP contribution is 2.24. The number of nitrogens with one attached hydrogen (secondary N) is 2. The molecule has 2 atom stereocenters. The Bertz CT molecular complexity index is 856. The molecular weight excluding hydrogens is 364 g/mol. The summed E-state index contributed by atoms with van der Waals surface area (Å²) in [7, 11) is 0. The molecule has 0 aliphatic carbocycles. The van der Waals surface area contributed by atoms with E-state index in [2.05, 4.69) is 47.9 Å². The van der Waals surface area contributed by atoms with Crippen LogP contribution in [-0.2, 0) is 16.1 Å². The van der Waals surface area contributed by atoms with Crippen LogP contribution in [0.1, 0.15) is 64.3 Å². The van der Waals surface area contributed by atoms with Crippen LogP contribution in [0.5, 0.6) is 0 Å². The van der Waals surface area contributed by atoms with Crippen molar-refractivity contribution >= 4 is 17.5 Å². The van der Waals surface area contributed by atoms with Crippen molar-refractivity contribution in [1.29, 1.82) is 0 Å². The maximum Gasteiger partial charge on any atom is 0.228 e. The molecule has 2 N–H and O–H groups in total. The Balaban J connectivity index is 1.65. The maximum absolute atomic E-state index is 12.8. The third-order valence-electron chi connectivity index (χ3n) is 5.30. The average Bonchev–Trinajstić information content (AvgIpc) is 3.09. The smallest absolute Gasteiger partial charge is 0.228 e. The third-order valence-corrected chi connectivity index (χ3v) is 5.30. The van der Waals surface area contributed by atoms with Crippen LogP contribution in [0.25, 0.3) is 0 Å². The van der Waals surface area contributed by atoms with Gasteiger partial charge in [-0.05, 0) is 36.5 Å². The van der Waals surface area contributed by atoms with Crippen LogP contribution in [0.15, 0.2) is 36.7 Å². The van der Waals surface area contributed by atoms with Gasteiger partial charge in [-0.3, -0.25) is 9.59 Å². The lowest BCUT2D eigenvalue weighted by Crippen LogP contribution is -2.46. The molecule has 1 aliphatic heterocycles. The van der Waals surface area contributed by atoms with E-state index >= 15 is 0 Å². The van der Waals surface area contributed by atoms with E-state index in [-0.39, 0.29) is 30.2 Å². The van der Waals surface area contributed by atoms with E-state index in [0.717, 1.165) is 23.5 Å². The van der Waals surface area contributed by atoms with Gasteiger partial charge >= 0.3 is 0 Å². The molecule has 0 spiro atoms. The summed E-state index contributed by atoms with van der Waals surface area (Å²) in [5.74, 6) is 1.50. The number of carbonyl (C=O) groups excluding carboxylic acids is 2. The van der Waals surface area contributed by atoms with Gasteiger partial charge in [0.15, 0.2) is 0 Å². The number of aromatic nitrogens is 2. The summed E-state index contributed by atoms with van der Waals surface area (Å²) in [6, 6.07) is 7.97. The van der Waals surface area contributed by atoms with Crippen molar-refractivity contribution in [2.75, 3.05) is 5.32 Å². The van der Waals surface area contributed by atoms with Crippen molar-refractivity contribution in [2.24, 2.45) is 11.8 Å². The number of anilines is 1. The predicted molar refractivity (Wildman–Crippen MR) is 115 cm³/mol. The topological polar surface area (TPSA) is 76.0 Å². The Morgan fingerprint density at radius 3 is 2.83 bits per heavy atom. The zero-order valence-corrected chi connectivity index (χ0v) is 17.8. The molecule has 0 saturated carbocycles. The predicted octanol–water partition coefficient (Wildman–Crippen LogP) is 3.93. The van der Waals surface area contributed by atoms with Crippen molar-refractivity contribution < 1.29 is 9.59 Å². The Morgan fingerprint density at radius 2 is 2.10 bits per heavy atom. The first-order valence-electron chi connectivity index (χ1n) is 10.5. The zero-order chi connectivity index (χ0) is 21.0. The van der Waals surface area contributed by atoms with Crippen molar-refractivity contribution in [1.82, 2.24) is 14.9 Å². The fourth-order valence-electron chi connectivity index (χ4n) is 4.06. The minimum absolute atomic E-state index is 0.0304. The van der Waals surface area contributed by atoms with Crippen LogP contribution in [-0.4, -0.2) is 27.4 Å². The summed E-state index contributed by atoms with van der Waals surface area (Å²) in [4.78, 5) is 29.3. The second-order valence-corrected chi connectivity index (χ2v) is 8.79. The number of imidazole rings is 1. The Morgan fingerprint density at radius 1 is 1.31 bits per heavy atom. The van der Waals surface area contributed by atoms with Crippen LogP contribution in [0.3, 0.4) is 0 Å². The SMILES string of the molecule is CC(C)CC1CC(C(=O)Nc2cccc(Cn3ccnc3C(C)C)c2)CC(=O)N1. The monoisotopic (exact) mass is 396 g/mol. The molecule has 1 aromatic carbocycles. The lowest BCUT2D eigenvalue weighted by atomic mass is 9.87. The molecular formula is C23H32N4O2. The quantitative estimate of drug-likeness (QED) is 0.744. The van der Waals surface area contributed by atoms with Crippen molar-refractivity contribution in [3.05, 3.63) is 48.0 Å². The maximum atomic E-state index is 12.8. The standard InChI is InChI=1S/C23H32N4O2/c1-15(2)10-20-12-18(13-21(28)25-20)23(29)26-19-7-5-6-17(11-19)14-27-9-8-24-22(27)16(3)4/h5-9,11,15-16,18,20H,10,12-14H2,1-4H3,(H,25,28)(H,26,29). The van der Waals surface area contributed by atoms with Gasteiger partial charge in [-0.2, -0.15) is 0 Å². The Kier molecular flexibility index (Phi) is 6.72. The lowest BCUT2D eigenvalue weighted by Gasteiger charge is -2.30. The van der Waals surface area contributed by atoms with Crippen LogP contribution in [0, 0.1) is 11.8 Å². The molecule has 1 aromatic heterocycles. The van der Waals surface area contributed by atoms with E-state index in [1.807, 2.05) is 36.7 Å². The molecule has 2 amide bonds. The highest BCUT2D eigenvalue weighted by molar-refractivity contribution is 5.95. The number of hydrogen-bond donors (Lipinski definition) is 2. The molecule has 2 heterocycles. The lowest BCUT2D eigenvalue weighted by molar-refractivity contribution is -0.131. The first-order chi connectivity index (χ1) is 13.8. The largest absolute Gasteiger partial charge is 0.353 e. The number of nitrogens with zero attached hydrogens (tertiary/aromatic N) is 2. The number of hydrogen-bond acceptors (Lipinski definition) is 3. The van der Waals surface area contributed by atoms with Gasteiger partial charge in [-0.1, -0.05) is 39.8 Å². The van der Waals surface area contributed by atoms with Gasteiger partial charge in [0.05, 0.1) is 0 Å². The van der Waals surface area contributed by atoms with E-state index < -0.39 is 0 Å². The third kappa shape index (κ3) is 5.68. The normalized spacial score (nSPS) is 19.4. The molecule has 6 nitrogen and oxygen atoms in total. The Labute approximate surface area is 173 Å². The van der Waals surface area contributed by atoms with Crippen LogP contribution < -0.4 is 10.6 Å². The summed E-state index contributed by atoms with van der Waals surface area (Å²) in [5, 5.41) is 6.04. The van der Waals surface area contributed by atoms with E-state index in [9.17, 15) is 9.59 Å². The summed E-state index contributed by atoms with van der Waals surface area (Å²) in [5.41, 5.74) is 1.87. The first-order valence-corrected chi connectivity index (χ1v) is 10.5. The summed E-state index contributed by atoms with van der Waals surface area (Å²) < 4.78 is 2.13. The minimum Gasteiger partial charge on any atom is -0.353 e. The fraction of sp³-hybridized carbons (Fsp3) is 0.522. The second-order valence-electron chi connectivity index (χ2n) is 8.79. The fourth-order valence-corrected chi connectivity index (χ4v) is 4.06. The van der Waals surface area contributed by atoms with Gasteiger partial charge in [0, 0.05) is 48.9 Å². The number of benzene rings is 1. The van der Waals surface area contributed by atoms with Crippen LogP contribution >= 0.6 is 0 Å². The van der Waals surface area contributed by atoms with E-state index in [4.69, 9.17) is 0 Å². The number of rotatable bonds is 7. The Hall–Kier alpha value is -2.63. The molecule has 1 fully saturated rings. The molecule has 156 valence electrons. The molecule has 1 aliphatic rings. The molecule has 2 unspecified atom stereocenters. The molecule has 29 heavy (non-hydrogen) atoms. The molecule has 3 rings (SSSR count). The van der Waals surface area contributed by atoms with Gasteiger partial charge in [-0.25, -0.2) is 4.98 Å². The van der Waals surface area contributed by atoms with E-state index in [0.29, 0.717) is 24.8 Å². The van der Waals surface area contributed by atoms with Gasteiger partial charge in [0.2, 0.25) is 11.8 Å². The van der Waals surface area contributed by atoms with Gasteiger partial charge in [0.1, 0.15) is 5.82 Å². The summed E-state index contributed by atoms with van der Waals surface area (Å²) >= 11 is 0. The molecule has 6 heteroatoms. The van der Waals surface area contributed by atoms with Crippen molar-refractivity contribution in [3.8, 4) is 0 Å². The first kappa shape index (κ1) is 21.1. The van der Waals surface area contributed by atoms with Crippen LogP contribution in [0.2, 0.25) is 0 Å². The summed E-state index contributed by atoms with van der Waals surface area (Å²) in [6.45, 7) is 9.23. The van der Waals surface area contributed by atoms with Crippen LogP contribution in [0.4, 0.5) is 5.69 Å². The zero-order valence-electron chi connectivity index (χ0n) is 17.8.